The maximum absolute atomic E-state index is 11.7. The molecule has 130 valence electrons. The number of oxime groups is 2. The highest BCUT2D eigenvalue weighted by molar-refractivity contribution is 6.45. The summed E-state index contributed by atoms with van der Waals surface area (Å²) in [5.41, 5.74) is 7.25. The Bertz CT molecular complexity index is 773. The van der Waals surface area contributed by atoms with E-state index in [1.165, 1.54) is 14.2 Å². The van der Waals surface area contributed by atoms with Crippen molar-refractivity contribution >= 4 is 17.5 Å². The molecule has 0 unspecified atom stereocenters. The zero-order valence-electron chi connectivity index (χ0n) is 14.0. The number of rotatable bonds is 7. The Morgan fingerprint density at radius 2 is 1.60 bits per heavy atom. The predicted molar refractivity (Wildman–Crippen MR) is 94.0 cm³/mol. The Balaban J connectivity index is 2.29. The SMILES string of the molecule is CON=C(C(N)=O)c1ccccc1C(=NOCc1ccccc1)OC. The van der Waals surface area contributed by atoms with Crippen LogP contribution in [0.25, 0.3) is 0 Å². The van der Waals surface area contributed by atoms with Crippen LogP contribution in [0.5, 0.6) is 0 Å². The number of methoxy groups -OCH3 is 1. The smallest absolute Gasteiger partial charge is 0.271 e. The first-order chi connectivity index (χ1) is 12.2. The first-order valence-electron chi connectivity index (χ1n) is 7.46. The van der Waals surface area contributed by atoms with Gasteiger partial charge in [-0.15, -0.1) is 0 Å². The van der Waals surface area contributed by atoms with Crippen molar-refractivity contribution in [3.8, 4) is 0 Å². The maximum Gasteiger partial charge on any atom is 0.271 e. The van der Waals surface area contributed by atoms with Gasteiger partial charge < -0.3 is 20.1 Å². The van der Waals surface area contributed by atoms with Crippen LogP contribution >= 0.6 is 0 Å². The molecule has 0 aliphatic rings. The van der Waals surface area contributed by atoms with Gasteiger partial charge in [-0.2, -0.15) is 0 Å². The maximum atomic E-state index is 11.7. The highest BCUT2D eigenvalue weighted by atomic mass is 16.6. The highest BCUT2D eigenvalue weighted by Gasteiger charge is 2.19. The second-order valence-corrected chi connectivity index (χ2v) is 4.89. The number of nitrogens with zero attached hydrogens (tertiary/aromatic N) is 2. The van der Waals surface area contributed by atoms with Crippen LogP contribution in [-0.2, 0) is 25.8 Å². The molecule has 2 aromatic rings. The molecule has 0 radical (unpaired) electrons. The van der Waals surface area contributed by atoms with Crippen molar-refractivity contribution in [2.24, 2.45) is 16.0 Å². The molecule has 2 N–H and O–H groups in total. The first-order valence-corrected chi connectivity index (χ1v) is 7.46. The molecule has 0 bridgehead atoms. The van der Waals surface area contributed by atoms with Gasteiger partial charge in [0.1, 0.15) is 13.7 Å². The summed E-state index contributed by atoms with van der Waals surface area (Å²) in [4.78, 5) is 21.7. The number of amides is 1. The topological polar surface area (TPSA) is 95.5 Å². The van der Waals surface area contributed by atoms with Gasteiger partial charge in [-0.1, -0.05) is 53.7 Å². The number of hydrogen-bond donors (Lipinski definition) is 1. The average Bonchev–Trinajstić information content (AvgIpc) is 2.64. The Morgan fingerprint density at radius 1 is 0.960 bits per heavy atom. The fourth-order valence-electron chi connectivity index (χ4n) is 2.13. The van der Waals surface area contributed by atoms with E-state index in [1.807, 2.05) is 30.3 Å². The molecule has 0 heterocycles. The lowest BCUT2D eigenvalue weighted by molar-refractivity contribution is -0.112. The van der Waals surface area contributed by atoms with Crippen LogP contribution in [0.4, 0.5) is 0 Å². The number of hydrogen-bond acceptors (Lipinski definition) is 6. The Hall–Kier alpha value is -3.35. The summed E-state index contributed by atoms with van der Waals surface area (Å²) in [6, 6.07) is 16.5. The minimum Gasteiger partial charge on any atom is -0.478 e. The van der Waals surface area contributed by atoms with Gasteiger partial charge in [-0.25, -0.2) is 0 Å². The number of benzene rings is 2. The molecule has 0 aromatic heterocycles. The third kappa shape index (κ3) is 4.81. The quantitative estimate of drug-likeness (QED) is 0.473. The average molecular weight is 341 g/mol. The number of carbonyl (C=O) groups is 1. The van der Waals surface area contributed by atoms with Crippen LogP contribution in [-0.4, -0.2) is 31.7 Å². The van der Waals surface area contributed by atoms with E-state index in [0.717, 1.165) is 5.56 Å². The molecule has 25 heavy (non-hydrogen) atoms. The van der Waals surface area contributed by atoms with Crippen LogP contribution in [0.1, 0.15) is 16.7 Å². The monoisotopic (exact) mass is 341 g/mol. The lowest BCUT2D eigenvalue weighted by Gasteiger charge is -2.11. The Kier molecular flexibility index (Phi) is 6.53. The third-order valence-corrected chi connectivity index (χ3v) is 3.24. The van der Waals surface area contributed by atoms with Crippen molar-refractivity contribution in [2.75, 3.05) is 14.2 Å². The van der Waals surface area contributed by atoms with E-state index in [9.17, 15) is 4.79 Å². The molecule has 0 fully saturated rings. The number of ether oxygens (including phenoxy) is 1. The lowest BCUT2D eigenvalue weighted by atomic mass is 10.0. The van der Waals surface area contributed by atoms with Crippen LogP contribution < -0.4 is 5.73 Å². The van der Waals surface area contributed by atoms with Gasteiger partial charge in [-0.3, -0.25) is 4.79 Å². The lowest BCUT2D eigenvalue weighted by Crippen LogP contribution is -2.26. The van der Waals surface area contributed by atoms with Gasteiger partial charge in [-0.05, 0) is 16.8 Å². The summed E-state index contributed by atoms with van der Waals surface area (Å²) >= 11 is 0. The third-order valence-electron chi connectivity index (χ3n) is 3.24. The Morgan fingerprint density at radius 3 is 2.20 bits per heavy atom. The van der Waals surface area contributed by atoms with Crippen LogP contribution in [0, 0.1) is 0 Å². The molecule has 0 aliphatic heterocycles. The molecular formula is C18H19N3O4. The summed E-state index contributed by atoms with van der Waals surface area (Å²) in [5, 5.41) is 7.71. The molecule has 0 saturated heterocycles. The van der Waals surface area contributed by atoms with Gasteiger partial charge in [0.15, 0.2) is 5.71 Å². The second kappa shape index (κ2) is 9.07. The minimum absolute atomic E-state index is 0.0362. The number of nitrogens with two attached hydrogens (primary N) is 1. The van der Waals surface area contributed by atoms with E-state index in [-0.39, 0.29) is 18.2 Å². The summed E-state index contributed by atoms with van der Waals surface area (Å²) in [6.45, 7) is 0.282. The normalized spacial score (nSPS) is 11.8. The van der Waals surface area contributed by atoms with Gasteiger partial charge >= 0.3 is 0 Å². The predicted octanol–water partition coefficient (Wildman–Crippen LogP) is 2.05. The molecule has 7 heteroatoms. The molecule has 2 rings (SSSR count). The van der Waals surface area contributed by atoms with Crippen molar-refractivity contribution < 1.29 is 19.2 Å². The van der Waals surface area contributed by atoms with E-state index >= 15 is 0 Å². The summed E-state index contributed by atoms with van der Waals surface area (Å²) in [5.74, 6) is -0.536. The molecule has 0 atom stereocenters. The minimum atomic E-state index is -0.727. The summed E-state index contributed by atoms with van der Waals surface area (Å²) in [7, 11) is 2.79. The van der Waals surface area contributed by atoms with Crippen molar-refractivity contribution in [3.63, 3.8) is 0 Å². The van der Waals surface area contributed by atoms with E-state index in [0.29, 0.717) is 11.1 Å². The fraction of sp³-hybridized carbons (Fsp3) is 0.167. The molecular weight excluding hydrogens is 322 g/mol. The summed E-state index contributed by atoms with van der Waals surface area (Å²) < 4.78 is 5.30. The fourth-order valence-corrected chi connectivity index (χ4v) is 2.13. The molecule has 2 aromatic carbocycles. The van der Waals surface area contributed by atoms with Crippen molar-refractivity contribution in [1.29, 1.82) is 0 Å². The highest BCUT2D eigenvalue weighted by Crippen LogP contribution is 2.13. The summed E-state index contributed by atoms with van der Waals surface area (Å²) in [6.07, 6.45) is 0. The van der Waals surface area contributed by atoms with Crippen molar-refractivity contribution in [3.05, 3.63) is 71.3 Å². The molecule has 0 saturated carbocycles. The van der Waals surface area contributed by atoms with Crippen molar-refractivity contribution in [2.45, 2.75) is 6.61 Å². The van der Waals surface area contributed by atoms with Gasteiger partial charge in [0.2, 0.25) is 0 Å². The van der Waals surface area contributed by atoms with Gasteiger partial charge in [0, 0.05) is 11.1 Å². The van der Waals surface area contributed by atoms with Crippen LogP contribution in [0.3, 0.4) is 0 Å². The van der Waals surface area contributed by atoms with E-state index in [1.54, 1.807) is 24.3 Å². The van der Waals surface area contributed by atoms with E-state index in [2.05, 4.69) is 10.3 Å². The van der Waals surface area contributed by atoms with Gasteiger partial charge in [0.25, 0.3) is 11.8 Å². The number of carbonyl (C=O) groups excluding carboxylic acids is 1. The van der Waals surface area contributed by atoms with Crippen molar-refractivity contribution in [1.82, 2.24) is 0 Å². The first kappa shape index (κ1) is 18.0. The number of primary amides is 1. The van der Waals surface area contributed by atoms with E-state index in [4.69, 9.17) is 20.1 Å². The molecule has 0 spiro atoms. The molecule has 7 nitrogen and oxygen atoms in total. The van der Waals surface area contributed by atoms with Crippen LogP contribution in [0.15, 0.2) is 64.9 Å². The molecule has 1 amide bonds. The standard InChI is InChI=1S/C18H19N3O4/c1-23-18(21-25-12-13-8-4-3-5-9-13)15-11-7-6-10-14(15)16(17(19)22)20-24-2/h3-11H,12H2,1-2H3,(H2,19,22). The largest absolute Gasteiger partial charge is 0.478 e. The second-order valence-electron chi connectivity index (χ2n) is 4.89. The zero-order chi connectivity index (χ0) is 18.1. The van der Waals surface area contributed by atoms with Crippen LogP contribution in [0.2, 0.25) is 0 Å². The van der Waals surface area contributed by atoms with E-state index < -0.39 is 5.91 Å². The molecule has 0 aliphatic carbocycles. The van der Waals surface area contributed by atoms with Gasteiger partial charge in [0.05, 0.1) is 7.11 Å². The Labute approximate surface area is 145 Å². The zero-order valence-corrected chi connectivity index (χ0v) is 14.0.